The largest absolute Gasteiger partial charge is 0.353 e. The lowest BCUT2D eigenvalue weighted by Crippen LogP contribution is -2.27. The van der Waals surface area contributed by atoms with Gasteiger partial charge < -0.3 is 9.47 Å². The lowest BCUT2D eigenvalue weighted by molar-refractivity contribution is -0.187. The lowest BCUT2D eigenvalue weighted by atomic mass is 10.1. The maximum absolute atomic E-state index is 12.6. The van der Waals surface area contributed by atoms with Gasteiger partial charge in [0, 0.05) is 23.9 Å². The summed E-state index contributed by atoms with van der Waals surface area (Å²) in [4.78, 5) is 7.94. The van der Waals surface area contributed by atoms with E-state index in [0.717, 1.165) is 30.2 Å². The molecule has 0 saturated carbocycles. The molecule has 0 spiro atoms. The van der Waals surface area contributed by atoms with Crippen LogP contribution < -0.4 is 0 Å². The predicted octanol–water partition coefficient (Wildman–Crippen LogP) is 12.6. The van der Waals surface area contributed by atoms with Gasteiger partial charge in [0.05, 0.1) is 13.2 Å². The van der Waals surface area contributed by atoms with Gasteiger partial charge in [0.25, 0.3) is 0 Å². The normalized spacial score (nSPS) is 13.6. The summed E-state index contributed by atoms with van der Waals surface area (Å²) in [6.45, 7) is 20.5. The van der Waals surface area contributed by atoms with E-state index < -0.39 is 11.6 Å². The molecule has 1 saturated heterocycles. The van der Waals surface area contributed by atoms with E-state index in [1.165, 1.54) is 36.2 Å². The first kappa shape index (κ1) is 53.9. The van der Waals surface area contributed by atoms with Crippen molar-refractivity contribution in [2.45, 2.75) is 113 Å². The monoisotopic (exact) mass is 677 g/mol. The average Bonchev–Trinajstić information content (AvgIpc) is 2.96. The van der Waals surface area contributed by atoms with E-state index in [1.807, 2.05) is 46.2 Å². The van der Waals surface area contributed by atoms with E-state index in [4.69, 9.17) is 9.47 Å². The zero-order chi connectivity index (χ0) is 32.5. The molecule has 0 unspecified atom stereocenters. The van der Waals surface area contributed by atoms with Crippen LogP contribution in [-0.2, 0) is 9.47 Å². The van der Waals surface area contributed by atoms with Crippen molar-refractivity contribution in [3.8, 4) is 0 Å². The molecule has 3 aromatic carbocycles. The summed E-state index contributed by atoms with van der Waals surface area (Å²) in [5.74, 6) is 0.340. The van der Waals surface area contributed by atoms with Crippen LogP contribution in [-0.4, -0.2) is 29.5 Å². The molecule has 1 aromatic heterocycles. The molecule has 0 bridgehead atoms. The summed E-state index contributed by atoms with van der Waals surface area (Å²) >= 11 is 0. The number of nitrogens with zero attached hydrogens (tertiary/aromatic N) is 2. The number of hydrogen-bond acceptors (Lipinski definition) is 4. The molecule has 274 valence electrons. The molecule has 2 heterocycles. The van der Waals surface area contributed by atoms with Crippen molar-refractivity contribution in [1.29, 1.82) is 0 Å². The van der Waals surface area contributed by atoms with Gasteiger partial charge in [-0.05, 0) is 103 Å². The van der Waals surface area contributed by atoms with E-state index >= 15 is 0 Å². The molecule has 1 aliphatic heterocycles. The Morgan fingerprint density at radius 1 is 0.521 bits per heavy atom. The fourth-order valence-electron chi connectivity index (χ4n) is 3.26. The first-order valence-corrected chi connectivity index (χ1v) is 14.3. The summed E-state index contributed by atoms with van der Waals surface area (Å²) in [5, 5.41) is 0. The summed E-state index contributed by atoms with van der Waals surface area (Å²) in [6.07, 6.45) is 3.64. The second-order valence-corrected chi connectivity index (χ2v) is 10.9. The topological polar surface area (TPSA) is 44.2 Å². The first-order chi connectivity index (χ1) is 20.2. The van der Waals surface area contributed by atoms with Gasteiger partial charge in [-0.25, -0.2) is 23.1 Å². The third-order valence-electron chi connectivity index (χ3n) is 6.11. The Morgan fingerprint density at radius 2 is 0.896 bits per heavy atom. The standard InChI is InChI=1S/C8H8F2.C8H9F.C8H10.C6H8N2.C6H12O2.5CH4/c1-5-3-7(9)6(2)8(10)4-5;1-6-3-4-7(2)8(9)5-6;1-7-3-5-8(2)6-4-7;2*1-5-3-7-6(2)8-4-5;;;;;/h3-4H,1-2H3;3-5H,1-2H3;3-6H,1-2H3;3-4H,1-2H3;5-6H,3-4H2,1-2H3;5*1H4. The van der Waals surface area contributed by atoms with Gasteiger partial charge in [-0.2, -0.15) is 0 Å². The fourth-order valence-corrected chi connectivity index (χ4v) is 3.26. The van der Waals surface area contributed by atoms with E-state index in [0.29, 0.717) is 17.0 Å². The Balaban J connectivity index is -0.000000157. The molecule has 0 aliphatic carbocycles. The minimum absolute atomic E-state index is 0. The maximum atomic E-state index is 12.6. The molecule has 5 rings (SSSR count). The minimum Gasteiger partial charge on any atom is -0.353 e. The number of aryl methyl sites for hydroxylation is 7. The van der Waals surface area contributed by atoms with Gasteiger partial charge in [-0.15, -0.1) is 0 Å². The number of rotatable bonds is 0. The average molecular weight is 677 g/mol. The number of aromatic nitrogens is 2. The van der Waals surface area contributed by atoms with Crippen LogP contribution in [0.15, 0.2) is 67.0 Å². The molecule has 0 amide bonds. The molecular weight excluding hydrogens is 609 g/mol. The van der Waals surface area contributed by atoms with Gasteiger partial charge >= 0.3 is 0 Å². The van der Waals surface area contributed by atoms with Crippen molar-refractivity contribution >= 4 is 0 Å². The zero-order valence-electron chi connectivity index (χ0n) is 27.3. The minimum atomic E-state index is -0.475. The highest BCUT2D eigenvalue weighted by atomic mass is 19.1. The first-order valence-electron chi connectivity index (χ1n) is 14.3. The summed E-state index contributed by atoms with van der Waals surface area (Å²) < 4.78 is 48.1. The number of hydrogen-bond donors (Lipinski definition) is 0. The SMILES string of the molecule is C.C.C.C.C.CC1COC(C)OC1.Cc1cc(F)c(C)c(F)c1.Cc1ccc(C)c(F)c1.Cc1ccc(C)cc1.Cc1cnc(C)nc1. The number of ether oxygens (including phenoxy) is 2. The van der Waals surface area contributed by atoms with Crippen molar-refractivity contribution in [1.82, 2.24) is 9.97 Å². The van der Waals surface area contributed by atoms with Gasteiger partial charge in [0.1, 0.15) is 23.3 Å². The molecule has 4 aromatic rings. The van der Waals surface area contributed by atoms with Crippen molar-refractivity contribution < 1.29 is 22.6 Å². The lowest BCUT2D eigenvalue weighted by Gasteiger charge is -2.24. The second kappa shape index (κ2) is 28.5. The second-order valence-electron chi connectivity index (χ2n) is 10.9. The van der Waals surface area contributed by atoms with E-state index in [1.54, 1.807) is 19.9 Å². The van der Waals surface area contributed by atoms with E-state index in [-0.39, 0.29) is 54.8 Å². The van der Waals surface area contributed by atoms with Gasteiger partial charge in [-0.3, -0.25) is 0 Å². The van der Waals surface area contributed by atoms with Crippen molar-refractivity contribution in [2.75, 3.05) is 13.2 Å². The number of halogens is 3. The Morgan fingerprint density at radius 3 is 1.23 bits per heavy atom. The van der Waals surface area contributed by atoms with E-state index in [2.05, 4.69) is 55.0 Å². The third-order valence-corrected chi connectivity index (χ3v) is 6.11. The molecule has 1 aliphatic rings. The van der Waals surface area contributed by atoms with Crippen LogP contribution in [0.1, 0.15) is 95.7 Å². The Bertz CT molecular complexity index is 1230. The van der Waals surface area contributed by atoms with Gasteiger partial charge in [0.2, 0.25) is 0 Å². The maximum Gasteiger partial charge on any atom is 0.154 e. The highest BCUT2D eigenvalue weighted by molar-refractivity contribution is 5.24. The Kier molecular flexibility index (Phi) is 32.0. The van der Waals surface area contributed by atoms with Gasteiger partial charge in [0.15, 0.2) is 6.29 Å². The van der Waals surface area contributed by atoms with Crippen molar-refractivity contribution in [3.05, 3.63) is 129 Å². The molecule has 1 fully saturated rings. The molecule has 48 heavy (non-hydrogen) atoms. The number of benzene rings is 3. The van der Waals surface area contributed by atoms with Crippen molar-refractivity contribution in [2.24, 2.45) is 5.92 Å². The zero-order valence-corrected chi connectivity index (χ0v) is 27.3. The summed E-state index contributed by atoms with van der Waals surface area (Å²) in [5.41, 5.74) is 6.15. The predicted molar refractivity (Wildman–Crippen MR) is 203 cm³/mol. The van der Waals surface area contributed by atoms with Crippen LogP contribution in [0.5, 0.6) is 0 Å². The molecule has 0 atom stereocenters. The van der Waals surface area contributed by atoms with Crippen molar-refractivity contribution in [3.63, 3.8) is 0 Å². The highest BCUT2D eigenvalue weighted by Crippen LogP contribution is 2.13. The molecule has 0 N–H and O–H groups in total. The van der Waals surface area contributed by atoms with Crippen LogP contribution in [0.2, 0.25) is 0 Å². The highest BCUT2D eigenvalue weighted by Gasteiger charge is 2.13. The van der Waals surface area contributed by atoms with Crippen LogP contribution in [0.3, 0.4) is 0 Å². The van der Waals surface area contributed by atoms with Crippen LogP contribution >= 0.6 is 0 Å². The smallest absolute Gasteiger partial charge is 0.154 e. The Labute approximate surface area is 293 Å². The third kappa shape index (κ3) is 23.7. The summed E-state index contributed by atoms with van der Waals surface area (Å²) in [6, 6.07) is 16.3. The molecular formula is C41H67F3N2O2. The van der Waals surface area contributed by atoms with E-state index in [9.17, 15) is 13.2 Å². The Hall–Kier alpha value is -3.55. The van der Waals surface area contributed by atoms with Gasteiger partial charge in [-0.1, -0.05) is 91.6 Å². The molecule has 0 radical (unpaired) electrons. The summed E-state index contributed by atoms with van der Waals surface area (Å²) in [7, 11) is 0. The quantitative estimate of drug-likeness (QED) is 0.186. The van der Waals surface area contributed by atoms with Crippen LogP contribution in [0.4, 0.5) is 13.2 Å². The molecule has 4 nitrogen and oxygen atoms in total. The fraction of sp³-hybridized carbons (Fsp3) is 0.463. The van der Waals surface area contributed by atoms with Crippen LogP contribution in [0.25, 0.3) is 0 Å². The van der Waals surface area contributed by atoms with Crippen LogP contribution in [0, 0.1) is 78.8 Å². The molecule has 7 heteroatoms.